The van der Waals surface area contributed by atoms with E-state index in [9.17, 15) is 9.59 Å². The third-order valence-corrected chi connectivity index (χ3v) is 5.67. The SMILES string of the molecule is COc1ccc(C(=O)O[C@H](C)C(=O)N2CCN(c3ccccc3)CC2)c2ccccc12. The molecule has 3 aromatic carbocycles. The number of hydrogen-bond donors (Lipinski definition) is 0. The minimum atomic E-state index is -0.850. The molecule has 1 aliphatic rings. The Kier molecular flexibility index (Phi) is 6.07. The van der Waals surface area contributed by atoms with E-state index in [1.165, 1.54) is 0 Å². The molecule has 0 N–H and O–H groups in total. The number of benzene rings is 3. The van der Waals surface area contributed by atoms with E-state index in [-0.39, 0.29) is 5.91 Å². The van der Waals surface area contributed by atoms with Crippen molar-refractivity contribution in [2.45, 2.75) is 13.0 Å². The number of para-hydroxylation sites is 1. The summed E-state index contributed by atoms with van der Waals surface area (Å²) in [7, 11) is 1.60. The van der Waals surface area contributed by atoms with E-state index in [4.69, 9.17) is 9.47 Å². The number of fused-ring (bicyclic) bond motifs is 1. The van der Waals surface area contributed by atoms with Crippen LogP contribution in [0.25, 0.3) is 10.8 Å². The number of carbonyl (C=O) groups excluding carboxylic acids is 2. The number of ether oxygens (including phenoxy) is 2. The molecule has 1 atom stereocenters. The predicted molar refractivity (Wildman–Crippen MR) is 121 cm³/mol. The van der Waals surface area contributed by atoms with Gasteiger partial charge >= 0.3 is 5.97 Å². The lowest BCUT2D eigenvalue weighted by molar-refractivity contribution is -0.140. The highest BCUT2D eigenvalue weighted by molar-refractivity contribution is 6.07. The number of anilines is 1. The van der Waals surface area contributed by atoms with Gasteiger partial charge in [0.25, 0.3) is 5.91 Å². The lowest BCUT2D eigenvalue weighted by Crippen LogP contribution is -2.51. The second-order valence-electron chi connectivity index (χ2n) is 7.56. The smallest absolute Gasteiger partial charge is 0.339 e. The molecule has 0 unspecified atom stereocenters. The normalized spacial score (nSPS) is 14.9. The van der Waals surface area contributed by atoms with Crippen LogP contribution in [0.4, 0.5) is 5.69 Å². The van der Waals surface area contributed by atoms with Gasteiger partial charge in [0.1, 0.15) is 5.75 Å². The topological polar surface area (TPSA) is 59.1 Å². The summed E-state index contributed by atoms with van der Waals surface area (Å²) in [6.45, 7) is 4.33. The maximum Gasteiger partial charge on any atom is 0.339 e. The monoisotopic (exact) mass is 418 g/mol. The first-order chi connectivity index (χ1) is 15.1. The number of amides is 1. The summed E-state index contributed by atoms with van der Waals surface area (Å²) in [5, 5.41) is 1.57. The summed E-state index contributed by atoms with van der Waals surface area (Å²) in [4.78, 5) is 29.8. The van der Waals surface area contributed by atoms with E-state index < -0.39 is 12.1 Å². The fourth-order valence-electron chi connectivity index (χ4n) is 3.98. The van der Waals surface area contributed by atoms with Crippen LogP contribution in [0.3, 0.4) is 0 Å². The Morgan fingerprint density at radius 2 is 1.48 bits per heavy atom. The van der Waals surface area contributed by atoms with Gasteiger partial charge in [-0.05, 0) is 36.6 Å². The Morgan fingerprint density at radius 1 is 0.839 bits per heavy atom. The first-order valence-electron chi connectivity index (χ1n) is 10.4. The number of carbonyl (C=O) groups is 2. The van der Waals surface area contributed by atoms with Crippen LogP contribution in [0.5, 0.6) is 5.75 Å². The molecule has 1 fully saturated rings. The van der Waals surface area contributed by atoms with E-state index >= 15 is 0 Å². The van der Waals surface area contributed by atoms with Crippen LogP contribution in [-0.2, 0) is 9.53 Å². The van der Waals surface area contributed by atoms with Crippen LogP contribution in [0.1, 0.15) is 17.3 Å². The quantitative estimate of drug-likeness (QED) is 0.591. The standard InChI is InChI=1S/C25H26N2O4/c1-18(24(28)27-16-14-26(15-17-27)19-8-4-3-5-9-19)31-25(29)22-12-13-23(30-2)21-11-7-6-10-20(21)22/h3-13,18H,14-17H2,1-2H3/t18-/m1/s1. The number of esters is 1. The maximum atomic E-state index is 12.9. The Balaban J connectivity index is 1.41. The Labute approximate surface area is 182 Å². The lowest BCUT2D eigenvalue weighted by Gasteiger charge is -2.37. The molecule has 0 aliphatic carbocycles. The van der Waals surface area contributed by atoms with Crippen molar-refractivity contribution in [1.82, 2.24) is 4.90 Å². The molecule has 0 bridgehead atoms. The summed E-state index contributed by atoms with van der Waals surface area (Å²) in [5.41, 5.74) is 1.57. The van der Waals surface area contributed by atoms with E-state index in [0.29, 0.717) is 24.4 Å². The lowest BCUT2D eigenvalue weighted by atomic mass is 10.0. The van der Waals surface area contributed by atoms with E-state index in [1.54, 1.807) is 31.1 Å². The number of hydrogen-bond acceptors (Lipinski definition) is 5. The first kappa shape index (κ1) is 20.7. The van der Waals surface area contributed by atoms with Gasteiger partial charge in [0.2, 0.25) is 0 Å². The van der Waals surface area contributed by atoms with Crippen molar-refractivity contribution in [3.63, 3.8) is 0 Å². The van der Waals surface area contributed by atoms with E-state index in [2.05, 4.69) is 17.0 Å². The second-order valence-corrected chi connectivity index (χ2v) is 7.56. The highest BCUT2D eigenvalue weighted by Gasteiger charge is 2.28. The zero-order valence-corrected chi connectivity index (χ0v) is 17.8. The number of nitrogens with zero attached hydrogens (tertiary/aromatic N) is 2. The molecule has 31 heavy (non-hydrogen) atoms. The summed E-state index contributed by atoms with van der Waals surface area (Å²) >= 11 is 0. The molecule has 160 valence electrons. The minimum absolute atomic E-state index is 0.168. The van der Waals surface area contributed by atoms with Crippen LogP contribution in [-0.4, -0.2) is 56.2 Å². The van der Waals surface area contributed by atoms with Crippen molar-refractivity contribution in [2.75, 3.05) is 38.2 Å². The Morgan fingerprint density at radius 3 is 2.16 bits per heavy atom. The van der Waals surface area contributed by atoms with Gasteiger partial charge < -0.3 is 19.3 Å². The first-order valence-corrected chi connectivity index (χ1v) is 10.4. The summed E-state index contributed by atoms with van der Waals surface area (Å²) < 4.78 is 10.9. The van der Waals surface area contributed by atoms with Gasteiger partial charge in [-0.3, -0.25) is 4.79 Å². The molecule has 0 aromatic heterocycles. The molecular weight excluding hydrogens is 392 g/mol. The second kappa shape index (κ2) is 9.08. The highest BCUT2D eigenvalue weighted by atomic mass is 16.5. The molecule has 3 aromatic rings. The average molecular weight is 418 g/mol. The zero-order chi connectivity index (χ0) is 21.8. The van der Waals surface area contributed by atoms with Crippen LogP contribution < -0.4 is 9.64 Å². The largest absolute Gasteiger partial charge is 0.496 e. The molecule has 1 aliphatic heterocycles. The number of piperazine rings is 1. The molecular formula is C25H26N2O4. The van der Waals surface area contributed by atoms with Gasteiger partial charge in [0.05, 0.1) is 12.7 Å². The van der Waals surface area contributed by atoms with Crippen LogP contribution in [0, 0.1) is 0 Å². The molecule has 1 heterocycles. The molecule has 0 radical (unpaired) electrons. The van der Waals surface area contributed by atoms with E-state index in [1.807, 2.05) is 42.5 Å². The molecule has 0 spiro atoms. The molecule has 1 amide bonds. The minimum Gasteiger partial charge on any atom is -0.496 e. The Hall–Kier alpha value is -3.54. The molecule has 0 saturated carbocycles. The zero-order valence-electron chi connectivity index (χ0n) is 17.8. The third kappa shape index (κ3) is 4.33. The van der Waals surface area contributed by atoms with Crippen molar-refractivity contribution in [1.29, 1.82) is 0 Å². The van der Waals surface area contributed by atoms with Gasteiger partial charge in [0, 0.05) is 37.3 Å². The molecule has 4 rings (SSSR count). The highest BCUT2D eigenvalue weighted by Crippen LogP contribution is 2.29. The predicted octanol–water partition coefficient (Wildman–Crippen LogP) is 3.74. The van der Waals surface area contributed by atoms with Crippen molar-refractivity contribution >= 4 is 28.3 Å². The van der Waals surface area contributed by atoms with Crippen molar-refractivity contribution in [3.8, 4) is 5.75 Å². The van der Waals surface area contributed by atoms with Crippen molar-refractivity contribution in [3.05, 3.63) is 72.3 Å². The van der Waals surface area contributed by atoms with Gasteiger partial charge in [-0.2, -0.15) is 0 Å². The van der Waals surface area contributed by atoms with Gasteiger partial charge in [-0.1, -0.05) is 42.5 Å². The van der Waals surface area contributed by atoms with Gasteiger partial charge in [0.15, 0.2) is 6.10 Å². The fraction of sp³-hybridized carbons (Fsp3) is 0.280. The third-order valence-electron chi connectivity index (χ3n) is 5.67. The number of rotatable bonds is 5. The van der Waals surface area contributed by atoms with Crippen LogP contribution in [0.15, 0.2) is 66.7 Å². The van der Waals surface area contributed by atoms with Crippen molar-refractivity contribution < 1.29 is 19.1 Å². The molecule has 6 nitrogen and oxygen atoms in total. The Bertz CT molecular complexity index is 1080. The van der Waals surface area contributed by atoms with Crippen LogP contribution in [0.2, 0.25) is 0 Å². The van der Waals surface area contributed by atoms with E-state index in [0.717, 1.165) is 29.5 Å². The van der Waals surface area contributed by atoms with Crippen molar-refractivity contribution in [2.24, 2.45) is 0 Å². The van der Waals surface area contributed by atoms with Crippen LogP contribution >= 0.6 is 0 Å². The van der Waals surface area contributed by atoms with Gasteiger partial charge in [-0.25, -0.2) is 4.79 Å². The molecule has 1 saturated heterocycles. The molecule has 6 heteroatoms. The van der Waals surface area contributed by atoms with Gasteiger partial charge in [-0.15, -0.1) is 0 Å². The summed E-state index contributed by atoms with van der Waals surface area (Å²) in [5.74, 6) is 0.00839. The summed E-state index contributed by atoms with van der Waals surface area (Å²) in [6, 6.07) is 21.1. The number of methoxy groups -OCH3 is 1. The maximum absolute atomic E-state index is 12.9. The fourth-order valence-corrected chi connectivity index (χ4v) is 3.98. The average Bonchev–Trinajstić information content (AvgIpc) is 2.83. The summed E-state index contributed by atoms with van der Waals surface area (Å²) in [6.07, 6.45) is -0.850.